The maximum Gasteiger partial charge on any atom is 0.342 e. The van der Waals surface area contributed by atoms with Gasteiger partial charge in [0.1, 0.15) is 22.5 Å². The number of ether oxygens (including phenoxy) is 2. The van der Waals surface area contributed by atoms with E-state index in [0.717, 1.165) is 35.0 Å². The van der Waals surface area contributed by atoms with Crippen molar-refractivity contribution < 1.29 is 23.8 Å². The molecule has 7 nitrogen and oxygen atoms in total. The second-order valence-electron chi connectivity index (χ2n) is 7.53. The van der Waals surface area contributed by atoms with Crippen LogP contribution in [0.3, 0.4) is 0 Å². The minimum absolute atomic E-state index is 0.214. The van der Waals surface area contributed by atoms with Crippen LogP contribution in [0.15, 0.2) is 64.8 Å². The van der Waals surface area contributed by atoms with Crippen molar-refractivity contribution in [1.29, 1.82) is 0 Å². The Kier molecular flexibility index (Phi) is 3.99. The molecule has 4 heterocycles. The van der Waals surface area contributed by atoms with E-state index in [9.17, 15) is 9.90 Å². The lowest BCUT2D eigenvalue weighted by Crippen LogP contribution is -2.29. The Morgan fingerprint density at radius 2 is 2.00 bits per heavy atom. The van der Waals surface area contributed by atoms with Gasteiger partial charge in [0.05, 0.1) is 30.2 Å². The molecule has 0 bridgehead atoms. The fourth-order valence-corrected chi connectivity index (χ4v) is 4.71. The number of furan rings is 1. The molecule has 0 saturated heterocycles. The van der Waals surface area contributed by atoms with Gasteiger partial charge < -0.3 is 19.0 Å². The van der Waals surface area contributed by atoms with Gasteiger partial charge in [-0.05, 0) is 53.6 Å². The van der Waals surface area contributed by atoms with Crippen molar-refractivity contribution in [3.8, 4) is 5.75 Å². The Hall–Kier alpha value is -3.49. The van der Waals surface area contributed by atoms with Crippen LogP contribution >= 0.6 is 11.7 Å². The lowest BCUT2D eigenvalue weighted by molar-refractivity contribution is -0.185. The summed E-state index contributed by atoms with van der Waals surface area (Å²) in [6, 6.07) is 14.3. The first-order valence-corrected chi connectivity index (χ1v) is 10.6. The van der Waals surface area contributed by atoms with Gasteiger partial charge in [-0.25, -0.2) is 4.79 Å². The van der Waals surface area contributed by atoms with Crippen LogP contribution in [0.2, 0.25) is 0 Å². The highest BCUT2D eigenvalue weighted by molar-refractivity contribution is 7.00. The van der Waals surface area contributed by atoms with Crippen LogP contribution < -0.4 is 4.74 Å². The highest BCUT2D eigenvalue weighted by Gasteiger charge is 2.48. The van der Waals surface area contributed by atoms with Gasteiger partial charge in [-0.15, -0.1) is 0 Å². The third-order valence-electron chi connectivity index (χ3n) is 5.71. The number of nitrogens with zero attached hydrogens (tertiary/aromatic N) is 2. The van der Waals surface area contributed by atoms with Crippen LogP contribution in [0.4, 0.5) is 0 Å². The number of benzene rings is 2. The Balaban J connectivity index is 1.54. The normalized spacial score (nSPS) is 20.2. The summed E-state index contributed by atoms with van der Waals surface area (Å²) in [6.45, 7) is 0.596. The number of cyclic esters (lactones) is 1. The fraction of sp³-hybridized carbons (Fsp3) is 0.174. The molecule has 0 spiro atoms. The van der Waals surface area contributed by atoms with Crippen molar-refractivity contribution in [3.63, 3.8) is 0 Å². The van der Waals surface area contributed by atoms with Crippen LogP contribution in [0.1, 0.15) is 22.5 Å². The summed E-state index contributed by atoms with van der Waals surface area (Å²) in [5.41, 5.74) is 4.25. The summed E-state index contributed by atoms with van der Waals surface area (Å²) in [7, 11) is 0. The van der Waals surface area contributed by atoms with Gasteiger partial charge >= 0.3 is 5.97 Å². The molecule has 2 aromatic carbocycles. The van der Waals surface area contributed by atoms with Crippen LogP contribution in [0.25, 0.3) is 16.6 Å². The largest absolute Gasteiger partial charge is 0.493 e. The first-order valence-electron chi connectivity index (χ1n) is 9.82. The predicted molar refractivity (Wildman–Crippen MR) is 112 cm³/mol. The molecule has 2 aromatic heterocycles. The highest BCUT2D eigenvalue weighted by atomic mass is 32.1. The maximum atomic E-state index is 13.1. The standard InChI is InChI=1S/C23H16N2O5S/c26-22-21(14-3-5-18-19(11-14)25-31-24-18)17(12-16-2-1-8-28-16)23(27,30-22)15-4-6-20-13(10-15)7-9-29-20/h1-6,8,10-11,27H,7,9,12H2. The number of hydrogen-bond donors (Lipinski definition) is 1. The zero-order valence-corrected chi connectivity index (χ0v) is 17.0. The van der Waals surface area contributed by atoms with E-state index in [4.69, 9.17) is 13.9 Å². The fourth-order valence-electron chi connectivity index (χ4n) is 4.20. The van der Waals surface area contributed by atoms with Gasteiger partial charge in [-0.2, -0.15) is 8.75 Å². The molecule has 31 heavy (non-hydrogen) atoms. The zero-order chi connectivity index (χ0) is 21.0. The zero-order valence-electron chi connectivity index (χ0n) is 16.2. The minimum atomic E-state index is -1.91. The van der Waals surface area contributed by atoms with Gasteiger partial charge in [0.15, 0.2) is 0 Å². The molecule has 0 amide bonds. The molecular formula is C23H16N2O5S. The Bertz CT molecular complexity index is 1360. The van der Waals surface area contributed by atoms with E-state index in [-0.39, 0.29) is 6.42 Å². The monoisotopic (exact) mass is 432 g/mol. The smallest absolute Gasteiger partial charge is 0.342 e. The lowest BCUT2D eigenvalue weighted by Gasteiger charge is -2.25. The Morgan fingerprint density at radius 1 is 1.10 bits per heavy atom. The van der Waals surface area contributed by atoms with Gasteiger partial charge in [-0.3, -0.25) is 0 Å². The van der Waals surface area contributed by atoms with Crippen LogP contribution in [0, 0.1) is 0 Å². The number of aliphatic hydroxyl groups is 1. The van der Waals surface area contributed by atoms with E-state index >= 15 is 0 Å². The Morgan fingerprint density at radius 3 is 2.87 bits per heavy atom. The summed E-state index contributed by atoms with van der Waals surface area (Å²) in [4.78, 5) is 13.1. The van der Waals surface area contributed by atoms with Crippen molar-refractivity contribution in [2.24, 2.45) is 0 Å². The summed E-state index contributed by atoms with van der Waals surface area (Å²) in [6.07, 6.45) is 2.52. The number of hydrogen-bond acceptors (Lipinski definition) is 8. The number of esters is 1. The second kappa shape index (κ2) is 6.76. The van der Waals surface area contributed by atoms with Gasteiger partial charge in [0.2, 0.25) is 0 Å². The first-order chi connectivity index (χ1) is 15.1. The molecule has 1 atom stereocenters. The molecule has 0 aliphatic carbocycles. The molecule has 2 aliphatic rings. The van der Waals surface area contributed by atoms with E-state index in [2.05, 4.69) is 8.75 Å². The lowest BCUT2D eigenvalue weighted by atomic mass is 9.88. The van der Waals surface area contributed by atoms with E-state index in [0.29, 0.717) is 40.2 Å². The summed E-state index contributed by atoms with van der Waals surface area (Å²) in [5, 5.41) is 11.7. The molecule has 0 radical (unpaired) electrons. The quantitative estimate of drug-likeness (QED) is 0.492. The third kappa shape index (κ3) is 2.87. The summed E-state index contributed by atoms with van der Waals surface area (Å²) < 4.78 is 25.2. The number of carbonyl (C=O) groups is 1. The number of carbonyl (C=O) groups excluding carboxylic acids is 1. The minimum Gasteiger partial charge on any atom is -0.493 e. The van der Waals surface area contributed by atoms with Crippen molar-refractivity contribution in [2.45, 2.75) is 18.6 Å². The predicted octanol–water partition coefficient (Wildman–Crippen LogP) is 3.62. The number of aromatic nitrogens is 2. The van der Waals surface area contributed by atoms with Crippen molar-refractivity contribution in [2.75, 3.05) is 6.61 Å². The van der Waals surface area contributed by atoms with E-state index < -0.39 is 11.8 Å². The molecule has 0 fully saturated rings. The van der Waals surface area contributed by atoms with Crippen molar-refractivity contribution in [1.82, 2.24) is 8.75 Å². The molecule has 1 unspecified atom stereocenters. The van der Waals surface area contributed by atoms with Crippen LogP contribution in [0.5, 0.6) is 5.75 Å². The maximum absolute atomic E-state index is 13.1. The van der Waals surface area contributed by atoms with Gasteiger partial charge in [0.25, 0.3) is 5.79 Å². The molecule has 0 saturated carbocycles. The molecular weight excluding hydrogens is 416 g/mol. The average Bonchev–Trinajstić information content (AvgIpc) is 3.55. The molecule has 4 aromatic rings. The summed E-state index contributed by atoms with van der Waals surface area (Å²) >= 11 is 1.11. The SMILES string of the molecule is O=C1OC(O)(c2ccc3c(c2)CCO3)C(Cc2ccco2)=C1c1ccc2nsnc2c1. The summed E-state index contributed by atoms with van der Waals surface area (Å²) in [5.74, 6) is -1.10. The Labute approximate surface area is 180 Å². The van der Waals surface area contributed by atoms with Crippen molar-refractivity contribution >= 4 is 34.3 Å². The van der Waals surface area contributed by atoms with Crippen LogP contribution in [-0.2, 0) is 28.2 Å². The van der Waals surface area contributed by atoms with Gasteiger partial charge in [-0.1, -0.05) is 6.07 Å². The molecule has 6 rings (SSSR count). The average molecular weight is 432 g/mol. The second-order valence-corrected chi connectivity index (χ2v) is 8.06. The van der Waals surface area contributed by atoms with E-state index in [1.165, 1.54) is 0 Å². The number of fused-ring (bicyclic) bond motifs is 2. The molecule has 2 aliphatic heterocycles. The van der Waals surface area contributed by atoms with Crippen LogP contribution in [-0.4, -0.2) is 26.4 Å². The van der Waals surface area contributed by atoms with E-state index in [1.54, 1.807) is 42.7 Å². The van der Waals surface area contributed by atoms with Crippen molar-refractivity contribution in [3.05, 3.63) is 82.8 Å². The van der Waals surface area contributed by atoms with Gasteiger partial charge in [0, 0.05) is 24.0 Å². The topological polar surface area (TPSA) is 94.7 Å². The number of rotatable bonds is 4. The molecule has 1 N–H and O–H groups in total. The third-order valence-corrected chi connectivity index (χ3v) is 6.27. The highest BCUT2D eigenvalue weighted by Crippen LogP contribution is 2.46. The van der Waals surface area contributed by atoms with E-state index in [1.807, 2.05) is 12.1 Å². The molecule has 8 heteroatoms. The first kappa shape index (κ1) is 18.3. The molecule has 154 valence electrons.